The van der Waals surface area contributed by atoms with Gasteiger partial charge in [0.05, 0.1) is 16.9 Å². The summed E-state index contributed by atoms with van der Waals surface area (Å²) in [4.78, 5) is 16.3. The quantitative estimate of drug-likeness (QED) is 0.638. The Balaban J connectivity index is 1.57. The largest absolute Gasteiger partial charge is 0.353 e. The molecular weight excluding hydrogens is 355 g/mol. The van der Waals surface area contributed by atoms with Crippen LogP contribution in [-0.4, -0.2) is 47.1 Å². The molecule has 1 aliphatic heterocycles. The smallest absolute Gasteiger partial charge is 0.155 e. The number of hydrogen-bond donors (Lipinski definition) is 0. The predicted molar refractivity (Wildman–Crippen MR) is 108 cm³/mol. The zero-order valence-electron chi connectivity index (χ0n) is 15.9. The van der Waals surface area contributed by atoms with Crippen LogP contribution in [0.1, 0.15) is 21.6 Å². The molecule has 0 N–H and O–H groups in total. The summed E-state index contributed by atoms with van der Waals surface area (Å²) in [5.74, 6) is 0.425. The van der Waals surface area contributed by atoms with Gasteiger partial charge in [-0.15, -0.1) is 0 Å². The topological polar surface area (TPSA) is 41.4 Å². The van der Waals surface area contributed by atoms with Crippen LogP contribution in [0.2, 0.25) is 0 Å². The van der Waals surface area contributed by atoms with Crippen molar-refractivity contribution in [2.75, 3.05) is 31.1 Å². The molecule has 1 aliphatic rings. The number of hydrogen-bond acceptors (Lipinski definition) is 4. The summed E-state index contributed by atoms with van der Waals surface area (Å²) in [6.07, 6.45) is 0.851. The zero-order valence-corrected chi connectivity index (χ0v) is 15.9. The Kier molecular flexibility index (Phi) is 5.21. The van der Waals surface area contributed by atoms with Gasteiger partial charge in [0.1, 0.15) is 11.6 Å². The van der Waals surface area contributed by atoms with Crippen molar-refractivity contribution in [3.8, 4) is 5.69 Å². The fraction of sp³-hybridized carbons (Fsp3) is 0.273. The first-order valence-electron chi connectivity index (χ1n) is 9.47. The number of halogens is 1. The molecule has 0 saturated carbocycles. The van der Waals surface area contributed by atoms with Crippen LogP contribution < -0.4 is 4.90 Å². The third kappa shape index (κ3) is 3.68. The molecule has 0 bridgehead atoms. The third-order valence-corrected chi connectivity index (χ3v) is 5.17. The number of nitrogens with zero attached hydrogens (tertiary/aromatic N) is 4. The van der Waals surface area contributed by atoms with Gasteiger partial charge in [0.25, 0.3) is 0 Å². The van der Waals surface area contributed by atoms with E-state index in [1.54, 1.807) is 16.8 Å². The molecule has 0 unspecified atom stereocenters. The highest BCUT2D eigenvalue weighted by Crippen LogP contribution is 2.27. The third-order valence-electron chi connectivity index (χ3n) is 5.17. The van der Waals surface area contributed by atoms with Gasteiger partial charge in [-0.2, -0.15) is 5.10 Å². The summed E-state index contributed by atoms with van der Waals surface area (Å²) in [5.41, 5.74) is 3.14. The molecule has 1 fully saturated rings. The van der Waals surface area contributed by atoms with Crippen LogP contribution >= 0.6 is 0 Å². The summed E-state index contributed by atoms with van der Waals surface area (Å²) in [5, 5.41) is 4.52. The maximum atomic E-state index is 13.7. The van der Waals surface area contributed by atoms with Gasteiger partial charge in [-0.1, -0.05) is 36.4 Å². The van der Waals surface area contributed by atoms with Crippen LogP contribution in [0.25, 0.3) is 5.69 Å². The average Bonchev–Trinajstić information content (AvgIpc) is 3.06. The summed E-state index contributed by atoms with van der Waals surface area (Å²) in [6, 6.07) is 16.7. The molecule has 28 heavy (non-hydrogen) atoms. The lowest BCUT2D eigenvalue weighted by atomic mass is 10.2. The Labute approximate surface area is 164 Å². The molecular formula is C22H23FN4O. The lowest BCUT2D eigenvalue weighted by molar-refractivity contribution is 0.112. The molecule has 3 aromatic rings. The van der Waals surface area contributed by atoms with E-state index in [1.165, 1.54) is 17.7 Å². The van der Waals surface area contributed by atoms with E-state index in [9.17, 15) is 9.18 Å². The number of benzene rings is 2. The molecule has 2 heterocycles. The van der Waals surface area contributed by atoms with E-state index >= 15 is 0 Å². The molecule has 1 aromatic heterocycles. The Morgan fingerprint density at radius 2 is 1.79 bits per heavy atom. The first-order valence-corrected chi connectivity index (χ1v) is 9.47. The normalized spacial score (nSPS) is 15.0. The fourth-order valence-corrected chi connectivity index (χ4v) is 3.72. The maximum absolute atomic E-state index is 13.7. The number of aldehydes is 1. The molecule has 4 rings (SSSR count). The summed E-state index contributed by atoms with van der Waals surface area (Å²) >= 11 is 0. The lowest BCUT2D eigenvalue weighted by Gasteiger charge is -2.36. The van der Waals surface area contributed by atoms with Crippen LogP contribution in [0.15, 0.2) is 54.6 Å². The standard InChI is InChI=1S/C22H23FN4O/c1-17-21(16-28)22(27(24-17)20-9-5-8-19(23)14-20)26-12-10-25(11-13-26)15-18-6-3-2-4-7-18/h2-9,14,16H,10-13,15H2,1H3. The first-order chi connectivity index (χ1) is 13.7. The highest BCUT2D eigenvalue weighted by Gasteiger charge is 2.25. The summed E-state index contributed by atoms with van der Waals surface area (Å²) in [6.45, 7) is 6.08. The highest BCUT2D eigenvalue weighted by atomic mass is 19.1. The van der Waals surface area contributed by atoms with Crippen molar-refractivity contribution in [1.29, 1.82) is 0 Å². The van der Waals surface area contributed by atoms with Crippen molar-refractivity contribution in [2.45, 2.75) is 13.5 Å². The van der Waals surface area contributed by atoms with Crippen molar-refractivity contribution < 1.29 is 9.18 Å². The Hall–Kier alpha value is -2.99. The monoisotopic (exact) mass is 378 g/mol. The second-order valence-corrected chi connectivity index (χ2v) is 7.08. The Morgan fingerprint density at radius 3 is 2.46 bits per heavy atom. The number of carbonyl (C=O) groups is 1. The number of anilines is 1. The lowest BCUT2D eigenvalue weighted by Crippen LogP contribution is -2.46. The highest BCUT2D eigenvalue weighted by molar-refractivity contribution is 5.85. The van der Waals surface area contributed by atoms with Crippen LogP contribution in [0.4, 0.5) is 10.2 Å². The number of piperazine rings is 1. The number of rotatable bonds is 5. The summed E-state index contributed by atoms with van der Waals surface area (Å²) < 4.78 is 15.4. The van der Waals surface area contributed by atoms with Gasteiger partial charge in [-0.25, -0.2) is 9.07 Å². The SMILES string of the molecule is Cc1nn(-c2cccc(F)c2)c(N2CCN(Cc3ccccc3)CC2)c1C=O. The van der Waals surface area contributed by atoms with Gasteiger partial charge < -0.3 is 4.90 Å². The molecule has 1 saturated heterocycles. The van der Waals surface area contributed by atoms with E-state index in [4.69, 9.17) is 0 Å². The molecule has 144 valence electrons. The van der Waals surface area contributed by atoms with Crippen LogP contribution in [0.5, 0.6) is 0 Å². The van der Waals surface area contributed by atoms with Gasteiger partial charge in [-0.3, -0.25) is 9.69 Å². The van der Waals surface area contributed by atoms with E-state index in [1.807, 2.05) is 13.0 Å². The molecule has 0 amide bonds. The minimum Gasteiger partial charge on any atom is -0.353 e. The summed E-state index contributed by atoms with van der Waals surface area (Å²) in [7, 11) is 0. The second-order valence-electron chi connectivity index (χ2n) is 7.08. The van der Waals surface area contributed by atoms with Gasteiger partial charge in [0.2, 0.25) is 0 Å². The maximum Gasteiger partial charge on any atom is 0.155 e. The minimum atomic E-state index is -0.322. The number of carbonyl (C=O) groups excluding carboxylic acids is 1. The van der Waals surface area contributed by atoms with Gasteiger partial charge >= 0.3 is 0 Å². The molecule has 0 aliphatic carbocycles. The molecule has 0 atom stereocenters. The molecule has 6 heteroatoms. The van der Waals surface area contributed by atoms with Crippen molar-refractivity contribution in [3.05, 3.63) is 77.2 Å². The predicted octanol–water partition coefficient (Wildman–Crippen LogP) is 3.45. The van der Waals surface area contributed by atoms with Gasteiger partial charge in [-0.05, 0) is 30.7 Å². The van der Waals surface area contributed by atoms with E-state index < -0.39 is 0 Å². The zero-order chi connectivity index (χ0) is 19.5. The van der Waals surface area contributed by atoms with Crippen LogP contribution in [0.3, 0.4) is 0 Å². The van der Waals surface area contributed by atoms with Crippen molar-refractivity contribution in [3.63, 3.8) is 0 Å². The van der Waals surface area contributed by atoms with Crippen molar-refractivity contribution in [1.82, 2.24) is 14.7 Å². The van der Waals surface area contributed by atoms with E-state index in [-0.39, 0.29) is 5.82 Å². The van der Waals surface area contributed by atoms with Gasteiger partial charge in [0.15, 0.2) is 6.29 Å². The Morgan fingerprint density at radius 1 is 1.04 bits per heavy atom. The first kappa shape index (κ1) is 18.4. The van der Waals surface area contributed by atoms with Crippen LogP contribution in [0, 0.1) is 12.7 Å². The van der Waals surface area contributed by atoms with Crippen LogP contribution in [-0.2, 0) is 6.54 Å². The van der Waals surface area contributed by atoms with Crippen molar-refractivity contribution in [2.24, 2.45) is 0 Å². The van der Waals surface area contributed by atoms with E-state index in [0.29, 0.717) is 16.9 Å². The number of aryl methyl sites for hydroxylation is 1. The molecule has 0 radical (unpaired) electrons. The fourth-order valence-electron chi connectivity index (χ4n) is 3.72. The van der Waals surface area contributed by atoms with E-state index in [2.05, 4.69) is 39.2 Å². The van der Waals surface area contributed by atoms with Gasteiger partial charge in [0, 0.05) is 32.7 Å². The van der Waals surface area contributed by atoms with Crippen molar-refractivity contribution >= 4 is 12.1 Å². The Bertz CT molecular complexity index is 962. The average molecular weight is 378 g/mol. The van der Waals surface area contributed by atoms with E-state index in [0.717, 1.165) is 44.8 Å². The molecule has 0 spiro atoms. The minimum absolute atomic E-state index is 0.322. The molecule has 5 nitrogen and oxygen atoms in total. The number of aromatic nitrogens is 2. The second kappa shape index (κ2) is 7.94. The molecule has 2 aromatic carbocycles.